The Morgan fingerprint density at radius 1 is 1.29 bits per heavy atom. The molecule has 0 bridgehead atoms. The summed E-state index contributed by atoms with van der Waals surface area (Å²) >= 11 is 3.32. The molecule has 0 aromatic heterocycles. The van der Waals surface area contributed by atoms with Crippen LogP contribution >= 0.6 is 15.9 Å². The molecule has 1 rings (SSSR count). The van der Waals surface area contributed by atoms with Crippen molar-refractivity contribution in [2.75, 3.05) is 13.2 Å². The summed E-state index contributed by atoms with van der Waals surface area (Å²) in [5.74, 6) is -0.711. The summed E-state index contributed by atoms with van der Waals surface area (Å²) < 4.78 is 4.70. The SMILES string of the molecule is CCOC(=O)CNC(=O)c1ccc(CBr)cc1. The number of benzene rings is 1. The number of carbonyl (C=O) groups excluding carboxylic acids is 2. The minimum absolute atomic E-state index is 0.104. The van der Waals surface area contributed by atoms with Crippen molar-refractivity contribution in [2.24, 2.45) is 0 Å². The molecule has 1 N–H and O–H groups in total. The Morgan fingerprint density at radius 3 is 2.47 bits per heavy atom. The molecular weight excluding hydrogens is 286 g/mol. The summed E-state index contributed by atoms with van der Waals surface area (Å²) in [6.45, 7) is 1.93. The number of hydrogen-bond acceptors (Lipinski definition) is 3. The van der Waals surface area contributed by atoms with Gasteiger partial charge in [0.2, 0.25) is 0 Å². The molecule has 92 valence electrons. The molecule has 4 nitrogen and oxygen atoms in total. The normalized spacial score (nSPS) is 9.76. The minimum Gasteiger partial charge on any atom is -0.465 e. The van der Waals surface area contributed by atoms with Crippen LogP contribution in [0.1, 0.15) is 22.8 Å². The number of alkyl halides is 1. The highest BCUT2D eigenvalue weighted by molar-refractivity contribution is 9.08. The standard InChI is InChI=1S/C12H14BrNO3/c1-2-17-11(15)8-14-12(16)10-5-3-9(7-13)4-6-10/h3-6H,2,7-8H2,1H3,(H,14,16). The van der Waals surface area contributed by atoms with E-state index in [2.05, 4.69) is 21.2 Å². The molecule has 0 radical (unpaired) electrons. The number of rotatable bonds is 5. The molecule has 1 amide bonds. The maximum atomic E-state index is 11.6. The zero-order valence-electron chi connectivity index (χ0n) is 9.53. The van der Waals surface area contributed by atoms with Gasteiger partial charge < -0.3 is 10.1 Å². The largest absolute Gasteiger partial charge is 0.465 e. The van der Waals surface area contributed by atoms with Crippen LogP contribution in [-0.2, 0) is 14.9 Å². The van der Waals surface area contributed by atoms with E-state index in [9.17, 15) is 9.59 Å². The zero-order valence-corrected chi connectivity index (χ0v) is 11.1. The van der Waals surface area contributed by atoms with Gasteiger partial charge in [-0.2, -0.15) is 0 Å². The average molecular weight is 300 g/mol. The lowest BCUT2D eigenvalue weighted by Gasteiger charge is -2.05. The smallest absolute Gasteiger partial charge is 0.325 e. The molecule has 17 heavy (non-hydrogen) atoms. The summed E-state index contributed by atoms with van der Waals surface area (Å²) in [7, 11) is 0. The lowest BCUT2D eigenvalue weighted by molar-refractivity contribution is -0.141. The summed E-state index contributed by atoms with van der Waals surface area (Å²) in [6.07, 6.45) is 0. The average Bonchev–Trinajstić information content (AvgIpc) is 2.36. The number of hydrogen-bond donors (Lipinski definition) is 1. The molecule has 0 saturated carbocycles. The van der Waals surface area contributed by atoms with Crippen molar-refractivity contribution in [2.45, 2.75) is 12.3 Å². The van der Waals surface area contributed by atoms with E-state index in [1.165, 1.54) is 0 Å². The van der Waals surface area contributed by atoms with Gasteiger partial charge in [-0.25, -0.2) is 0 Å². The second kappa shape index (κ2) is 7.06. The Bertz CT molecular complexity index is 389. The number of ether oxygens (including phenoxy) is 1. The molecule has 0 fully saturated rings. The van der Waals surface area contributed by atoms with E-state index in [0.29, 0.717) is 12.2 Å². The van der Waals surface area contributed by atoms with Crippen LogP contribution < -0.4 is 5.32 Å². The number of amides is 1. The third-order valence-corrected chi connectivity index (χ3v) is 2.72. The van der Waals surface area contributed by atoms with E-state index < -0.39 is 5.97 Å². The molecule has 0 saturated heterocycles. The van der Waals surface area contributed by atoms with Gasteiger partial charge in [0.1, 0.15) is 6.54 Å². The second-order valence-electron chi connectivity index (χ2n) is 3.32. The highest BCUT2D eigenvalue weighted by Crippen LogP contribution is 2.07. The lowest BCUT2D eigenvalue weighted by Crippen LogP contribution is -2.30. The van der Waals surface area contributed by atoms with Crippen molar-refractivity contribution in [1.29, 1.82) is 0 Å². The number of nitrogens with one attached hydrogen (secondary N) is 1. The first-order chi connectivity index (χ1) is 8.17. The van der Waals surface area contributed by atoms with Gasteiger partial charge in [-0.05, 0) is 24.6 Å². The maximum absolute atomic E-state index is 11.6. The summed E-state index contributed by atoms with van der Waals surface area (Å²) in [5, 5.41) is 3.24. The number of halogens is 1. The summed E-state index contributed by atoms with van der Waals surface area (Å²) in [4.78, 5) is 22.7. The molecule has 1 aromatic rings. The van der Waals surface area contributed by atoms with Crippen LogP contribution in [0.5, 0.6) is 0 Å². The van der Waals surface area contributed by atoms with E-state index in [0.717, 1.165) is 10.9 Å². The Kier molecular flexibility index (Phi) is 5.69. The van der Waals surface area contributed by atoms with Crippen LogP contribution in [0.25, 0.3) is 0 Å². The predicted octanol–water partition coefficient (Wildman–Crippen LogP) is 1.87. The molecule has 1 aromatic carbocycles. The monoisotopic (exact) mass is 299 g/mol. The van der Waals surface area contributed by atoms with Gasteiger partial charge in [0.05, 0.1) is 6.61 Å². The van der Waals surface area contributed by atoms with Crippen molar-refractivity contribution < 1.29 is 14.3 Å². The highest BCUT2D eigenvalue weighted by Gasteiger charge is 2.07. The zero-order chi connectivity index (χ0) is 12.7. The number of carbonyl (C=O) groups is 2. The van der Waals surface area contributed by atoms with Crippen LogP contribution in [-0.4, -0.2) is 25.0 Å². The van der Waals surface area contributed by atoms with Gasteiger partial charge in [-0.1, -0.05) is 28.1 Å². The molecule has 5 heteroatoms. The van der Waals surface area contributed by atoms with E-state index in [4.69, 9.17) is 4.74 Å². The summed E-state index contributed by atoms with van der Waals surface area (Å²) in [6, 6.07) is 7.15. The van der Waals surface area contributed by atoms with Gasteiger partial charge in [0, 0.05) is 10.9 Å². The van der Waals surface area contributed by atoms with E-state index in [-0.39, 0.29) is 12.5 Å². The quantitative estimate of drug-likeness (QED) is 0.667. The van der Waals surface area contributed by atoms with E-state index >= 15 is 0 Å². The Morgan fingerprint density at radius 2 is 1.94 bits per heavy atom. The molecule has 0 atom stereocenters. The van der Waals surface area contributed by atoms with Gasteiger partial charge in [0.15, 0.2) is 0 Å². The van der Waals surface area contributed by atoms with Gasteiger partial charge >= 0.3 is 5.97 Å². The fourth-order valence-electron chi connectivity index (χ4n) is 1.21. The van der Waals surface area contributed by atoms with Crippen molar-refractivity contribution in [3.63, 3.8) is 0 Å². The number of esters is 1. The highest BCUT2D eigenvalue weighted by atomic mass is 79.9. The second-order valence-corrected chi connectivity index (χ2v) is 3.88. The maximum Gasteiger partial charge on any atom is 0.325 e. The third kappa shape index (κ3) is 4.56. The fraction of sp³-hybridized carbons (Fsp3) is 0.333. The minimum atomic E-state index is -0.432. The van der Waals surface area contributed by atoms with Crippen LogP contribution in [0.4, 0.5) is 0 Å². The van der Waals surface area contributed by atoms with Crippen LogP contribution in [0.2, 0.25) is 0 Å². The molecule has 0 spiro atoms. The van der Waals surface area contributed by atoms with Crippen molar-refractivity contribution in [3.05, 3.63) is 35.4 Å². The van der Waals surface area contributed by atoms with Crippen LogP contribution in [0.3, 0.4) is 0 Å². The van der Waals surface area contributed by atoms with E-state index in [1.54, 1.807) is 19.1 Å². The first-order valence-electron chi connectivity index (χ1n) is 5.26. The first kappa shape index (κ1) is 13.7. The van der Waals surface area contributed by atoms with Crippen LogP contribution in [0, 0.1) is 0 Å². The van der Waals surface area contributed by atoms with Crippen molar-refractivity contribution in [3.8, 4) is 0 Å². The molecule has 0 heterocycles. The molecule has 0 unspecified atom stereocenters. The topological polar surface area (TPSA) is 55.4 Å². The Balaban J connectivity index is 2.49. The molecule has 0 aliphatic rings. The van der Waals surface area contributed by atoms with Crippen LogP contribution in [0.15, 0.2) is 24.3 Å². The lowest BCUT2D eigenvalue weighted by atomic mass is 10.1. The first-order valence-corrected chi connectivity index (χ1v) is 6.38. The Hall–Kier alpha value is -1.36. The van der Waals surface area contributed by atoms with E-state index in [1.807, 2.05) is 12.1 Å². The Labute approximate surface area is 108 Å². The van der Waals surface area contributed by atoms with Gasteiger partial charge in [-0.15, -0.1) is 0 Å². The molecule has 0 aliphatic carbocycles. The van der Waals surface area contributed by atoms with Gasteiger partial charge in [-0.3, -0.25) is 9.59 Å². The predicted molar refractivity (Wildman–Crippen MR) is 68.0 cm³/mol. The summed E-state index contributed by atoms with van der Waals surface area (Å²) in [5.41, 5.74) is 1.62. The molecule has 0 aliphatic heterocycles. The van der Waals surface area contributed by atoms with Gasteiger partial charge in [0.25, 0.3) is 5.91 Å². The third-order valence-electron chi connectivity index (χ3n) is 2.07. The molecular formula is C12H14BrNO3. The van der Waals surface area contributed by atoms with Crippen molar-refractivity contribution in [1.82, 2.24) is 5.32 Å². The fourth-order valence-corrected chi connectivity index (χ4v) is 1.59. The van der Waals surface area contributed by atoms with Crippen molar-refractivity contribution >= 4 is 27.8 Å².